The lowest BCUT2D eigenvalue weighted by molar-refractivity contribution is -0.143. The smallest absolute Gasteiger partial charge is 0.305 e. The number of hydrogen-bond donors (Lipinski definition) is 3. The molecular formula is C79H153NO5. The molecule has 0 fully saturated rings. The van der Waals surface area contributed by atoms with Crippen LogP contribution in [0.5, 0.6) is 0 Å². The summed E-state index contributed by atoms with van der Waals surface area (Å²) in [6.07, 6.45) is 95.8. The lowest BCUT2D eigenvalue weighted by Crippen LogP contribution is -2.45. The number of carbonyl (C=O) groups excluding carboxylic acids is 2. The van der Waals surface area contributed by atoms with Gasteiger partial charge in [-0.25, -0.2) is 0 Å². The van der Waals surface area contributed by atoms with E-state index in [1.807, 2.05) is 6.08 Å². The first kappa shape index (κ1) is 83.3. The SMILES string of the molecule is CCCCCCCCC/C=C\CCCCCCCC(=O)OCCCCCCCCCCCCCCCCCCCCCCCCCCCCCCC(=O)NC(CO)C(O)/C=C/CCCCCCCCCCCCCCCCCCCCCCCC. The van der Waals surface area contributed by atoms with Gasteiger partial charge in [0.1, 0.15) is 0 Å². The predicted molar refractivity (Wildman–Crippen MR) is 375 cm³/mol. The number of ether oxygens (including phenoxy) is 1. The van der Waals surface area contributed by atoms with E-state index in [1.54, 1.807) is 6.08 Å². The van der Waals surface area contributed by atoms with E-state index in [4.69, 9.17) is 4.74 Å². The molecule has 0 aromatic rings. The van der Waals surface area contributed by atoms with E-state index in [2.05, 4.69) is 31.3 Å². The molecule has 1 amide bonds. The van der Waals surface area contributed by atoms with Gasteiger partial charge in [0.15, 0.2) is 0 Å². The second-order valence-electron chi connectivity index (χ2n) is 27.0. The van der Waals surface area contributed by atoms with Crippen LogP contribution >= 0.6 is 0 Å². The van der Waals surface area contributed by atoms with Crippen LogP contribution in [0.3, 0.4) is 0 Å². The van der Waals surface area contributed by atoms with Crippen LogP contribution in [-0.4, -0.2) is 47.4 Å². The molecule has 0 radical (unpaired) electrons. The second-order valence-corrected chi connectivity index (χ2v) is 27.0. The number of aliphatic hydroxyl groups is 2. The third-order valence-electron chi connectivity index (χ3n) is 18.5. The van der Waals surface area contributed by atoms with Crippen LogP contribution in [-0.2, 0) is 14.3 Å². The number of allylic oxidation sites excluding steroid dienone is 3. The molecule has 0 rings (SSSR count). The van der Waals surface area contributed by atoms with Crippen molar-refractivity contribution in [3.63, 3.8) is 0 Å². The average molecular weight is 1200 g/mol. The van der Waals surface area contributed by atoms with E-state index in [9.17, 15) is 19.8 Å². The van der Waals surface area contributed by atoms with E-state index in [-0.39, 0.29) is 18.5 Å². The molecule has 2 unspecified atom stereocenters. The molecule has 504 valence electrons. The van der Waals surface area contributed by atoms with Crippen LogP contribution in [0, 0.1) is 0 Å². The van der Waals surface area contributed by atoms with Crippen molar-refractivity contribution in [3.8, 4) is 0 Å². The van der Waals surface area contributed by atoms with Gasteiger partial charge in [-0.1, -0.05) is 398 Å². The van der Waals surface area contributed by atoms with Crippen LogP contribution < -0.4 is 5.32 Å². The van der Waals surface area contributed by atoms with Crippen molar-refractivity contribution in [2.45, 2.75) is 456 Å². The molecule has 0 aliphatic rings. The number of unbranched alkanes of at least 4 members (excludes halogenated alkanes) is 61. The number of carbonyl (C=O) groups is 2. The van der Waals surface area contributed by atoms with Gasteiger partial charge < -0.3 is 20.3 Å². The number of esters is 1. The largest absolute Gasteiger partial charge is 0.466 e. The number of nitrogens with one attached hydrogen (secondary N) is 1. The molecule has 0 aromatic heterocycles. The van der Waals surface area contributed by atoms with E-state index in [1.165, 1.54) is 372 Å². The van der Waals surface area contributed by atoms with Gasteiger partial charge in [-0.3, -0.25) is 9.59 Å². The summed E-state index contributed by atoms with van der Waals surface area (Å²) < 4.78 is 5.50. The Bertz CT molecular complexity index is 1330. The number of hydrogen-bond acceptors (Lipinski definition) is 5. The number of amides is 1. The third kappa shape index (κ3) is 71.3. The van der Waals surface area contributed by atoms with Gasteiger partial charge in [-0.15, -0.1) is 0 Å². The fraction of sp³-hybridized carbons (Fsp3) is 0.924. The van der Waals surface area contributed by atoms with Gasteiger partial charge in [-0.2, -0.15) is 0 Å². The quantitative estimate of drug-likeness (QED) is 0.0320. The fourth-order valence-electron chi connectivity index (χ4n) is 12.5. The fourth-order valence-corrected chi connectivity index (χ4v) is 12.5. The van der Waals surface area contributed by atoms with E-state index in [0.29, 0.717) is 19.4 Å². The zero-order chi connectivity index (χ0) is 61.3. The van der Waals surface area contributed by atoms with Crippen LogP contribution in [0.15, 0.2) is 24.3 Å². The number of aliphatic hydroxyl groups excluding tert-OH is 2. The molecule has 0 saturated heterocycles. The monoisotopic (exact) mass is 1200 g/mol. The van der Waals surface area contributed by atoms with Crippen LogP contribution in [0.1, 0.15) is 444 Å². The molecule has 0 spiro atoms. The Hall–Kier alpha value is -1.66. The summed E-state index contributed by atoms with van der Waals surface area (Å²) in [5.41, 5.74) is 0. The second kappa shape index (κ2) is 74.8. The first-order valence-corrected chi connectivity index (χ1v) is 39.1. The van der Waals surface area contributed by atoms with Crippen LogP contribution in [0.2, 0.25) is 0 Å². The van der Waals surface area contributed by atoms with Crippen molar-refractivity contribution in [1.29, 1.82) is 0 Å². The van der Waals surface area contributed by atoms with E-state index < -0.39 is 12.1 Å². The predicted octanol–water partition coefficient (Wildman–Crippen LogP) is 25.7. The molecule has 0 saturated carbocycles. The minimum absolute atomic E-state index is 0.0121. The Morgan fingerprint density at radius 3 is 0.835 bits per heavy atom. The van der Waals surface area contributed by atoms with Crippen molar-refractivity contribution in [2.24, 2.45) is 0 Å². The van der Waals surface area contributed by atoms with Gasteiger partial charge in [-0.05, 0) is 57.8 Å². The molecule has 0 aliphatic heterocycles. The molecule has 0 heterocycles. The Balaban J connectivity index is 3.37. The molecule has 0 bridgehead atoms. The maximum absolute atomic E-state index is 12.6. The molecule has 6 heteroatoms. The highest BCUT2D eigenvalue weighted by atomic mass is 16.5. The van der Waals surface area contributed by atoms with Crippen molar-refractivity contribution in [2.75, 3.05) is 13.2 Å². The zero-order valence-electron chi connectivity index (χ0n) is 57.9. The van der Waals surface area contributed by atoms with Gasteiger partial charge in [0.25, 0.3) is 0 Å². The summed E-state index contributed by atoms with van der Waals surface area (Å²) in [4.78, 5) is 24.6. The normalized spacial score (nSPS) is 12.6. The summed E-state index contributed by atoms with van der Waals surface area (Å²) >= 11 is 0. The van der Waals surface area contributed by atoms with Gasteiger partial charge >= 0.3 is 5.97 Å². The van der Waals surface area contributed by atoms with Crippen LogP contribution in [0.4, 0.5) is 0 Å². The first-order chi connectivity index (χ1) is 42.0. The highest BCUT2D eigenvalue weighted by Crippen LogP contribution is 2.20. The van der Waals surface area contributed by atoms with Crippen LogP contribution in [0.25, 0.3) is 0 Å². The summed E-state index contributed by atoms with van der Waals surface area (Å²) in [6, 6.07) is -0.627. The molecule has 3 N–H and O–H groups in total. The maximum atomic E-state index is 12.6. The zero-order valence-corrected chi connectivity index (χ0v) is 57.9. The average Bonchev–Trinajstić information content (AvgIpc) is 3.51. The molecule has 6 nitrogen and oxygen atoms in total. The minimum Gasteiger partial charge on any atom is -0.466 e. The Labute approximate surface area is 532 Å². The summed E-state index contributed by atoms with van der Waals surface area (Å²) in [5.74, 6) is -0.0475. The molecule has 0 aromatic carbocycles. The van der Waals surface area contributed by atoms with Crippen molar-refractivity contribution >= 4 is 11.9 Å². The Morgan fingerprint density at radius 1 is 0.318 bits per heavy atom. The third-order valence-corrected chi connectivity index (χ3v) is 18.5. The molecular weight excluding hydrogens is 1040 g/mol. The molecule has 85 heavy (non-hydrogen) atoms. The van der Waals surface area contributed by atoms with Gasteiger partial charge in [0.05, 0.1) is 25.4 Å². The number of rotatable bonds is 74. The summed E-state index contributed by atoms with van der Waals surface area (Å²) in [7, 11) is 0. The Kier molecular flexibility index (Phi) is 73.3. The van der Waals surface area contributed by atoms with Crippen molar-refractivity contribution in [3.05, 3.63) is 24.3 Å². The molecule has 2 atom stereocenters. The summed E-state index contributed by atoms with van der Waals surface area (Å²) in [6.45, 7) is 4.95. The lowest BCUT2D eigenvalue weighted by atomic mass is 10.0. The minimum atomic E-state index is -0.844. The highest BCUT2D eigenvalue weighted by molar-refractivity contribution is 5.76. The maximum Gasteiger partial charge on any atom is 0.305 e. The lowest BCUT2D eigenvalue weighted by Gasteiger charge is -2.20. The van der Waals surface area contributed by atoms with Gasteiger partial charge in [0.2, 0.25) is 5.91 Å². The highest BCUT2D eigenvalue weighted by Gasteiger charge is 2.18. The molecule has 0 aliphatic carbocycles. The standard InChI is InChI=1S/C79H153NO5/c1-3-5-7-9-11-13-15-17-19-21-22-23-24-31-34-37-40-43-47-51-55-59-63-67-71-77(82)76(75-81)80-78(83)72-68-64-60-56-52-48-44-41-38-35-32-29-27-25-26-28-30-33-36-39-42-46-50-54-58-62-66-70-74-85-79(84)73-69-65-61-57-53-49-45-20-18-16-14-12-10-8-6-4-2/h20,45,67,71,76-77,81-82H,3-19,21-44,46-66,68-70,72-75H2,1-2H3,(H,80,83)/b45-20-,71-67+. The topological polar surface area (TPSA) is 95.9 Å². The summed E-state index contributed by atoms with van der Waals surface area (Å²) in [5, 5.41) is 23.3. The van der Waals surface area contributed by atoms with Crippen molar-refractivity contribution in [1.82, 2.24) is 5.32 Å². The van der Waals surface area contributed by atoms with E-state index >= 15 is 0 Å². The first-order valence-electron chi connectivity index (χ1n) is 39.1. The van der Waals surface area contributed by atoms with E-state index in [0.717, 1.165) is 44.9 Å². The van der Waals surface area contributed by atoms with Crippen molar-refractivity contribution < 1.29 is 24.5 Å². The van der Waals surface area contributed by atoms with Gasteiger partial charge in [0, 0.05) is 12.8 Å². The Morgan fingerprint density at radius 2 is 0.553 bits per heavy atom.